The summed E-state index contributed by atoms with van der Waals surface area (Å²) in [6.45, 7) is 1.80. The highest BCUT2D eigenvalue weighted by molar-refractivity contribution is 6.41. The summed E-state index contributed by atoms with van der Waals surface area (Å²) in [6, 6.07) is 8.55. The Morgan fingerprint density at radius 1 is 1.18 bits per heavy atom. The standard InChI is InChI=1S/C17H12Cl2O3/c1-9-13(18)7-14-15(16(9)19)12(8-22-14)17(20)10-3-5-11(21-2)6-4-10/h3-8H,1-2H3. The van der Waals surface area contributed by atoms with E-state index < -0.39 is 0 Å². The van der Waals surface area contributed by atoms with Gasteiger partial charge in [-0.25, -0.2) is 0 Å². The van der Waals surface area contributed by atoms with Crippen molar-refractivity contribution in [3.8, 4) is 5.75 Å². The summed E-state index contributed by atoms with van der Waals surface area (Å²) in [4.78, 5) is 12.7. The van der Waals surface area contributed by atoms with Crippen molar-refractivity contribution in [1.82, 2.24) is 0 Å². The van der Waals surface area contributed by atoms with Gasteiger partial charge in [0.15, 0.2) is 5.78 Å². The summed E-state index contributed by atoms with van der Waals surface area (Å²) in [5.41, 5.74) is 2.18. The molecule has 2 aromatic carbocycles. The fourth-order valence-electron chi connectivity index (χ4n) is 2.29. The van der Waals surface area contributed by atoms with Gasteiger partial charge in [0.05, 0.1) is 23.1 Å². The number of hydrogen-bond acceptors (Lipinski definition) is 3. The van der Waals surface area contributed by atoms with Gasteiger partial charge in [-0.05, 0) is 36.8 Å². The van der Waals surface area contributed by atoms with Crippen LogP contribution in [-0.2, 0) is 0 Å². The van der Waals surface area contributed by atoms with Crippen LogP contribution in [0.2, 0.25) is 10.0 Å². The fraction of sp³-hybridized carbons (Fsp3) is 0.118. The average Bonchev–Trinajstić information content (AvgIpc) is 2.96. The van der Waals surface area contributed by atoms with Gasteiger partial charge in [-0.1, -0.05) is 23.2 Å². The molecule has 1 aromatic heterocycles. The number of rotatable bonds is 3. The third-order valence-electron chi connectivity index (χ3n) is 3.58. The Morgan fingerprint density at radius 3 is 2.50 bits per heavy atom. The van der Waals surface area contributed by atoms with Crippen molar-refractivity contribution in [3.63, 3.8) is 0 Å². The lowest BCUT2D eigenvalue weighted by Crippen LogP contribution is -2.00. The second-order valence-corrected chi connectivity index (χ2v) is 5.66. The molecular weight excluding hydrogens is 323 g/mol. The zero-order chi connectivity index (χ0) is 15.9. The molecule has 0 fully saturated rings. The summed E-state index contributed by atoms with van der Waals surface area (Å²) in [7, 11) is 1.58. The van der Waals surface area contributed by atoms with E-state index in [9.17, 15) is 4.79 Å². The van der Waals surface area contributed by atoms with Crippen LogP contribution in [0.15, 0.2) is 41.0 Å². The molecule has 0 unspecified atom stereocenters. The van der Waals surface area contributed by atoms with Gasteiger partial charge in [0.2, 0.25) is 0 Å². The van der Waals surface area contributed by atoms with Gasteiger partial charge in [0, 0.05) is 16.7 Å². The number of ether oxygens (including phenoxy) is 1. The molecule has 0 aliphatic carbocycles. The minimum atomic E-state index is -0.162. The Morgan fingerprint density at radius 2 is 1.86 bits per heavy atom. The normalized spacial score (nSPS) is 10.9. The van der Waals surface area contributed by atoms with Crippen molar-refractivity contribution < 1.29 is 13.9 Å². The first-order chi connectivity index (χ1) is 10.5. The molecule has 0 saturated carbocycles. The Labute approximate surface area is 137 Å². The van der Waals surface area contributed by atoms with Crippen LogP contribution in [0.25, 0.3) is 11.0 Å². The highest BCUT2D eigenvalue weighted by atomic mass is 35.5. The summed E-state index contributed by atoms with van der Waals surface area (Å²) < 4.78 is 10.5. The van der Waals surface area contributed by atoms with Crippen LogP contribution >= 0.6 is 23.2 Å². The van der Waals surface area contributed by atoms with Gasteiger partial charge in [-0.15, -0.1) is 0 Å². The summed E-state index contributed by atoms with van der Waals surface area (Å²) in [5.74, 6) is 0.527. The van der Waals surface area contributed by atoms with Gasteiger partial charge in [0.25, 0.3) is 0 Å². The van der Waals surface area contributed by atoms with E-state index in [1.54, 1.807) is 44.4 Å². The van der Waals surface area contributed by atoms with Crippen molar-refractivity contribution in [2.75, 3.05) is 7.11 Å². The first kappa shape index (κ1) is 14.9. The number of carbonyl (C=O) groups excluding carboxylic acids is 1. The Bertz CT molecular complexity index is 864. The van der Waals surface area contributed by atoms with Crippen molar-refractivity contribution in [2.45, 2.75) is 6.92 Å². The summed E-state index contributed by atoms with van der Waals surface area (Å²) >= 11 is 12.4. The van der Waals surface area contributed by atoms with E-state index in [2.05, 4.69) is 0 Å². The average molecular weight is 335 g/mol. The molecule has 22 heavy (non-hydrogen) atoms. The van der Waals surface area contributed by atoms with Crippen molar-refractivity contribution >= 4 is 40.0 Å². The molecule has 0 N–H and O–H groups in total. The van der Waals surface area contributed by atoms with E-state index in [1.807, 2.05) is 0 Å². The third-order valence-corrected chi connectivity index (χ3v) is 4.45. The van der Waals surface area contributed by atoms with Crippen molar-refractivity contribution in [1.29, 1.82) is 0 Å². The number of ketones is 1. The van der Waals surface area contributed by atoms with E-state index in [0.29, 0.717) is 37.9 Å². The van der Waals surface area contributed by atoms with Gasteiger partial charge in [0.1, 0.15) is 17.6 Å². The monoisotopic (exact) mass is 334 g/mol. The van der Waals surface area contributed by atoms with E-state index in [4.69, 9.17) is 32.4 Å². The molecular formula is C17H12Cl2O3. The van der Waals surface area contributed by atoms with Gasteiger partial charge in [-0.2, -0.15) is 0 Å². The zero-order valence-corrected chi connectivity index (χ0v) is 13.5. The molecule has 5 heteroatoms. The molecule has 0 bridgehead atoms. The maximum atomic E-state index is 12.7. The van der Waals surface area contributed by atoms with Crippen LogP contribution in [0.4, 0.5) is 0 Å². The van der Waals surface area contributed by atoms with E-state index in [0.717, 1.165) is 5.56 Å². The zero-order valence-electron chi connectivity index (χ0n) is 11.9. The quantitative estimate of drug-likeness (QED) is 0.611. The molecule has 0 atom stereocenters. The molecule has 112 valence electrons. The van der Waals surface area contributed by atoms with Crippen LogP contribution in [-0.4, -0.2) is 12.9 Å². The lowest BCUT2D eigenvalue weighted by Gasteiger charge is -2.05. The fourth-order valence-corrected chi connectivity index (χ4v) is 2.82. The predicted octanol–water partition coefficient (Wildman–Crippen LogP) is 5.29. The largest absolute Gasteiger partial charge is 0.497 e. The number of carbonyl (C=O) groups is 1. The Kier molecular flexibility index (Phi) is 3.85. The van der Waals surface area contributed by atoms with E-state index >= 15 is 0 Å². The molecule has 0 saturated heterocycles. The number of methoxy groups -OCH3 is 1. The second kappa shape index (κ2) is 5.67. The number of furan rings is 1. The molecule has 0 aliphatic heterocycles. The number of benzene rings is 2. The topological polar surface area (TPSA) is 39.4 Å². The van der Waals surface area contributed by atoms with Crippen molar-refractivity contribution in [2.24, 2.45) is 0 Å². The maximum Gasteiger partial charge on any atom is 0.196 e. The molecule has 1 heterocycles. The second-order valence-electron chi connectivity index (χ2n) is 4.88. The molecule has 3 rings (SSSR count). The third kappa shape index (κ3) is 2.36. The number of halogens is 2. The molecule has 3 nitrogen and oxygen atoms in total. The van der Waals surface area contributed by atoms with Crippen LogP contribution < -0.4 is 4.74 Å². The predicted molar refractivity (Wildman–Crippen MR) is 87.4 cm³/mol. The lowest BCUT2D eigenvalue weighted by atomic mass is 10.0. The van der Waals surface area contributed by atoms with Crippen LogP contribution in [0.3, 0.4) is 0 Å². The Hall–Kier alpha value is -1.97. The highest BCUT2D eigenvalue weighted by Gasteiger charge is 2.20. The maximum absolute atomic E-state index is 12.7. The van der Waals surface area contributed by atoms with E-state index in [-0.39, 0.29) is 5.78 Å². The smallest absolute Gasteiger partial charge is 0.196 e. The minimum absolute atomic E-state index is 0.162. The minimum Gasteiger partial charge on any atom is -0.497 e. The van der Waals surface area contributed by atoms with Crippen molar-refractivity contribution in [3.05, 3.63) is 63.3 Å². The first-order valence-corrected chi connectivity index (χ1v) is 7.33. The lowest BCUT2D eigenvalue weighted by molar-refractivity contribution is 0.103. The Balaban J connectivity index is 2.13. The van der Waals surface area contributed by atoms with Gasteiger partial charge < -0.3 is 9.15 Å². The van der Waals surface area contributed by atoms with Crippen LogP contribution in [0.5, 0.6) is 5.75 Å². The van der Waals surface area contributed by atoms with E-state index in [1.165, 1.54) is 6.26 Å². The summed E-state index contributed by atoms with van der Waals surface area (Å²) in [6.07, 6.45) is 1.42. The van der Waals surface area contributed by atoms with Gasteiger partial charge in [-0.3, -0.25) is 4.79 Å². The molecule has 3 aromatic rings. The molecule has 0 radical (unpaired) electrons. The molecule has 0 amide bonds. The number of fused-ring (bicyclic) bond motifs is 1. The summed E-state index contributed by atoms with van der Waals surface area (Å²) in [5, 5.41) is 1.53. The highest BCUT2D eigenvalue weighted by Crippen LogP contribution is 2.36. The molecule has 0 spiro atoms. The molecule has 0 aliphatic rings. The number of hydrogen-bond donors (Lipinski definition) is 0. The first-order valence-electron chi connectivity index (χ1n) is 6.57. The van der Waals surface area contributed by atoms with Crippen LogP contribution in [0, 0.1) is 6.92 Å². The van der Waals surface area contributed by atoms with Gasteiger partial charge >= 0.3 is 0 Å². The SMILES string of the molecule is COc1ccc(C(=O)c2coc3cc(Cl)c(C)c(Cl)c23)cc1. The van der Waals surface area contributed by atoms with Crippen LogP contribution in [0.1, 0.15) is 21.5 Å².